The summed E-state index contributed by atoms with van der Waals surface area (Å²) in [6.45, 7) is 0.595. The lowest BCUT2D eigenvalue weighted by molar-refractivity contribution is 0.0943. The minimum Gasteiger partial charge on any atom is -0.493 e. The maximum atomic E-state index is 12.0. The molecule has 0 saturated heterocycles. The van der Waals surface area contributed by atoms with E-state index in [1.54, 1.807) is 38.5 Å². The highest BCUT2D eigenvalue weighted by Gasteiger charge is 2.06. The number of halogens is 1. The van der Waals surface area contributed by atoms with E-state index in [2.05, 4.69) is 16.2 Å². The van der Waals surface area contributed by atoms with E-state index < -0.39 is 0 Å². The normalized spacial score (nSPS) is 9.96. The fourth-order valence-electron chi connectivity index (χ4n) is 2.19. The second-order valence-electron chi connectivity index (χ2n) is 5.28. The molecule has 0 aliphatic rings. The smallest absolute Gasteiger partial charge is 0.269 e. The van der Waals surface area contributed by atoms with E-state index in [1.165, 1.54) is 0 Å². The highest BCUT2D eigenvalue weighted by Crippen LogP contribution is 2.27. The third-order valence-electron chi connectivity index (χ3n) is 3.54. The van der Waals surface area contributed by atoms with Gasteiger partial charge in [0.15, 0.2) is 16.6 Å². The fraction of sp³-hybridized carbons (Fsp3) is 0.222. The number of hydrazine groups is 1. The lowest BCUT2D eigenvalue weighted by Gasteiger charge is -2.12. The Labute approximate surface area is 162 Å². The van der Waals surface area contributed by atoms with Gasteiger partial charge in [-0.3, -0.25) is 15.6 Å². The number of hydrogen-bond donors (Lipinski definition) is 3. The Bertz CT molecular complexity index is 769. The Hall–Kier alpha value is -2.51. The minimum atomic E-state index is -0.300. The molecule has 0 heterocycles. The molecule has 138 valence electrons. The van der Waals surface area contributed by atoms with Gasteiger partial charge in [-0.05, 0) is 60.6 Å². The number of amides is 1. The molecule has 6 nitrogen and oxygen atoms in total. The maximum absolute atomic E-state index is 12.0. The summed E-state index contributed by atoms with van der Waals surface area (Å²) in [6, 6.07) is 12.3. The Morgan fingerprint density at radius 2 is 1.73 bits per heavy atom. The predicted octanol–water partition coefficient (Wildman–Crippen LogP) is 2.71. The van der Waals surface area contributed by atoms with Crippen LogP contribution in [0.4, 0.5) is 0 Å². The molecule has 0 unspecified atom stereocenters. The molecule has 0 spiro atoms. The molecule has 2 rings (SSSR count). The van der Waals surface area contributed by atoms with Gasteiger partial charge in [0.2, 0.25) is 0 Å². The predicted molar refractivity (Wildman–Crippen MR) is 106 cm³/mol. The number of nitrogens with one attached hydrogen (secondary N) is 3. The molecule has 3 N–H and O–H groups in total. The van der Waals surface area contributed by atoms with Crippen molar-refractivity contribution >= 4 is 34.8 Å². The van der Waals surface area contributed by atoms with Gasteiger partial charge < -0.3 is 14.8 Å². The van der Waals surface area contributed by atoms with Crippen LogP contribution in [0.25, 0.3) is 0 Å². The first kappa shape index (κ1) is 19.8. The van der Waals surface area contributed by atoms with Gasteiger partial charge in [-0.1, -0.05) is 17.7 Å². The second kappa shape index (κ2) is 9.84. The molecule has 0 aliphatic carbocycles. The molecule has 0 saturated carbocycles. The zero-order valence-electron chi connectivity index (χ0n) is 14.5. The highest BCUT2D eigenvalue weighted by molar-refractivity contribution is 7.80. The van der Waals surface area contributed by atoms with Crippen LogP contribution in [-0.2, 0) is 6.42 Å². The van der Waals surface area contributed by atoms with Gasteiger partial charge in [0.05, 0.1) is 14.2 Å². The zero-order chi connectivity index (χ0) is 18.9. The van der Waals surface area contributed by atoms with Crippen LogP contribution in [0.5, 0.6) is 11.5 Å². The number of thiocarbonyl (C=S) groups is 1. The standard InChI is InChI=1S/C18H20ClN3O3S/c1-24-15-8-3-12(11-16(15)25-2)9-10-20-18(26)22-21-17(23)13-4-6-14(19)7-5-13/h3-8,11H,9-10H2,1-2H3,(H,21,23)(H2,20,22,26). The summed E-state index contributed by atoms with van der Waals surface area (Å²) in [5.41, 5.74) is 6.75. The van der Waals surface area contributed by atoms with Crippen molar-refractivity contribution in [1.82, 2.24) is 16.2 Å². The summed E-state index contributed by atoms with van der Waals surface area (Å²) in [5, 5.41) is 3.92. The molecule has 0 bridgehead atoms. The van der Waals surface area contributed by atoms with E-state index in [0.29, 0.717) is 33.7 Å². The van der Waals surface area contributed by atoms with E-state index >= 15 is 0 Å². The van der Waals surface area contributed by atoms with Crippen molar-refractivity contribution in [1.29, 1.82) is 0 Å². The number of hydrogen-bond acceptors (Lipinski definition) is 4. The van der Waals surface area contributed by atoms with Gasteiger partial charge >= 0.3 is 0 Å². The minimum absolute atomic E-state index is 0.300. The number of rotatable bonds is 6. The zero-order valence-corrected chi connectivity index (χ0v) is 16.0. The molecule has 26 heavy (non-hydrogen) atoms. The monoisotopic (exact) mass is 393 g/mol. The van der Waals surface area contributed by atoms with Crippen LogP contribution in [0.2, 0.25) is 5.02 Å². The SMILES string of the molecule is COc1ccc(CCNC(=S)NNC(=O)c2ccc(Cl)cc2)cc1OC. The number of carbonyl (C=O) groups is 1. The Morgan fingerprint density at radius 1 is 1.04 bits per heavy atom. The van der Waals surface area contributed by atoms with Crippen LogP contribution in [0.15, 0.2) is 42.5 Å². The molecular formula is C18H20ClN3O3S. The topological polar surface area (TPSA) is 71.6 Å². The Balaban J connectivity index is 1.75. The number of methoxy groups -OCH3 is 2. The second-order valence-corrected chi connectivity index (χ2v) is 6.13. The summed E-state index contributed by atoms with van der Waals surface area (Å²) < 4.78 is 10.5. The van der Waals surface area contributed by atoms with Gasteiger partial charge in [-0.2, -0.15) is 0 Å². The van der Waals surface area contributed by atoms with Crippen LogP contribution < -0.4 is 25.6 Å². The Kier molecular flexibility index (Phi) is 7.50. The van der Waals surface area contributed by atoms with Crippen molar-refractivity contribution in [3.8, 4) is 11.5 Å². The van der Waals surface area contributed by atoms with E-state index in [9.17, 15) is 4.79 Å². The number of carbonyl (C=O) groups excluding carboxylic acids is 1. The third-order valence-corrected chi connectivity index (χ3v) is 4.04. The summed E-state index contributed by atoms with van der Waals surface area (Å²) in [5.74, 6) is 1.07. The average Bonchev–Trinajstić information content (AvgIpc) is 2.66. The van der Waals surface area contributed by atoms with Crippen molar-refractivity contribution < 1.29 is 14.3 Å². The van der Waals surface area contributed by atoms with Crippen LogP contribution in [0.3, 0.4) is 0 Å². The van der Waals surface area contributed by atoms with E-state index in [0.717, 1.165) is 12.0 Å². The highest BCUT2D eigenvalue weighted by atomic mass is 35.5. The van der Waals surface area contributed by atoms with Crippen LogP contribution in [0.1, 0.15) is 15.9 Å². The summed E-state index contributed by atoms with van der Waals surface area (Å²) >= 11 is 10.9. The quantitative estimate of drug-likeness (QED) is 0.517. The largest absolute Gasteiger partial charge is 0.493 e. The lowest BCUT2D eigenvalue weighted by atomic mass is 10.1. The molecule has 8 heteroatoms. The van der Waals surface area contributed by atoms with Gasteiger partial charge in [-0.25, -0.2) is 0 Å². The van der Waals surface area contributed by atoms with Crippen LogP contribution in [0, 0.1) is 0 Å². The molecule has 2 aromatic rings. The van der Waals surface area contributed by atoms with Crippen molar-refractivity contribution in [2.24, 2.45) is 0 Å². The fourth-order valence-corrected chi connectivity index (χ4v) is 2.47. The first-order chi connectivity index (χ1) is 12.5. The van der Waals surface area contributed by atoms with Crippen molar-refractivity contribution in [2.75, 3.05) is 20.8 Å². The van der Waals surface area contributed by atoms with Crippen molar-refractivity contribution in [2.45, 2.75) is 6.42 Å². The number of ether oxygens (including phenoxy) is 2. The van der Waals surface area contributed by atoms with Gasteiger partial charge in [0.1, 0.15) is 0 Å². The van der Waals surface area contributed by atoms with Crippen LogP contribution >= 0.6 is 23.8 Å². The summed E-state index contributed by atoms with van der Waals surface area (Å²) in [7, 11) is 3.20. The first-order valence-electron chi connectivity index (χ1n) is 7.84. The molecular weight excluding hydrogens is 374 g/mol. The molecule has 0 aromatic heterocycles. The molecule has 0 radical (unpaired) electrons. The first-order valence-corrected chi connectivity index (χ1v) is 8.62. The Morgan fingerprint density at radius 3 is 2.38 bits per heavy atom. The lowest BCUT2D eigenvalue weighted by Crippen LogP contribution is -2.47. The van der Waals surface area contributed by atoms with E-state index in [-0.39, 0.29) is 5.91 Å². The summed E-state index contributed by atoms with van der Waals surface area (Å²) in [4.78, 5) is 12.0. The van der Waals surface area contributed by atoms with Gasteiger partial charge in [-0.15, -0.1) is 0 Å². The molecule has 0 atom stereocenters. The molecule has 2 aromatic carbocycles. The molecule has 0 fully saturated rings. The van der Waals surface area contributed by atoms with E-state index in [4.69, 9.17) is 33.3 Å². The van der Waals surface area contributed by atoms with Crippen molar-refractivity contribution in [3.63, 3.8) is 0 Å². The van der Waals surface area contributed by atoms with Crippen molar-refractivity contribution in [3.05, 3.63) is 58.6 Å². The van der Waals surface area contributed by atoms with Gasteiger partial charge in [0.25, 0.3) is 5.91 Å². The average molecular weight is 394 g/mol. The maximum Gasteiger partial charge on any atom is 0.269 e. The van der Waals surface area contributed by atoms with Gasteiger partial charge in [0, 0.05) is 17.1 Å². The third kappa shape index (κ3) is 5.79. The van der Waals surface area contributed by atoms with E-state index in [1.807, 2.05) is 18.2 Å². The molecule has 1 amide bonds. The number of benzene rings is 2. The van der Waals surface area contributed by atoms with Crippen LogP contribution in [-0.4, -0.2) is 31.8 Å². The summed E-state index contributed by atoms with van der Waals surface area (Å²) in [6.07, 6.45) is 0.729. The molecule has 0 aliphatic heterocycles.